The number of tetrazole rings is 1. The van der Waals surface area contributed by atoms with Crippen LogP contribution < -0.4 is 5.73 Å². The number of hydrogen-bond donors (Lipinski definition) is 2. The van der Waals surface area contributed by atoms with E-state index < -0.39 is 11.7 Å². The lowest BCUT2D eigenvalue weighted by Gasteiger charge is -2.17. The summed E-state index contributed by atoms with van der Waals surface area (Å²) in [6.07, 6.45) is 0.520. The van der Waals surface area contributed by atoms with Gasteiger partial charge in [0, 0.05) is 23.1 Å². The molecule has 4 aromatic rings. The number of halogens is 1. The third-order valence-electron chi connectivity index (χ3n) is 4.55. The van der Waals surface area contributed by atoms with E-state index in [0.717, 1.165) is 16.6 Å². The van der Waals surface area contributed by atoms with Gasteiger partial charge in [-0.25, -0.2) is 4.39 Å². The average Bonchev–Trinajstić information content (AvgIpc) is 3.21. The van der Waals surface area contributed by atoms with Gasteiger partial charge in [0.1, 0.15) is 5.82 Å². The lowest BCUT2D eigenvalue weighted by molar-refractivity contribution is -0.118. The Bertz CT molecular complexity index is 1130. The number of nitrogens with two attached hydrogens (primary N) is 1. The van der Waals surface area contributed by atoms with Crippen LogP contribution in [0, 0.1) is 5.82 Å². The molecule has 0 aliphatic rings. The van der Waals surface area contributed by atoms with E-state index in [4.69, 9.17) is 5.73 Å². The second-order valence-electron chi connectivity index (χ2n) is 6.58. The Hall–Kier alpha value is -3.68. The second-order valence-corrected chi connectivity index (χ2v) is 6.58. The maximum Gasteiger partial charge on any atom is 0.218 e. The number of carbonyl (C=O) groups excluding carboxylic acids is 1. The monoisotopic (exact) mass is 376 g/mol. The Morgan fingerprint density at radius 2 is 2.00 bits per heavy atom. The van der Waals surface area contributed by atoms with Crippen LogP contribution in [0.25, 0.3) is 22.3 Å². The lowest BCUT2D eigenvalue weighted by atomic mass is 9.89. The molecule has 4 rings (SSSR count). The highest BCUT2D eigenvalue weighted by Gasteiger charge is 2.19. The maximum absolute atomic E-state index is 14.2. The number of pyridine rings is 1. The Morgan fingerprint density at radius 3 is 2.79 bits per heavy atom. The molecule has 1 amide bonds. The number of nitrogens with zero attached hydrogens (tertiary/aromatic N) is 4. The van der Waals surface area contributed by atoms with Crippen molar-refractivity contribution in [3.05, 3.63) is 71.7 Å². The number of nitrogens with one attached hydrogen (secondary N) is 1. The molecule has 140 valence electrons. The molecule has 0 bridgehead atoms. The molecular formula is C20H17FN6O. The average molecular weight is 376 g/mol. The Kier molecular flexibility index (Phi) is 4.76. The highest BCUT2D eigenvalue weighted by Crippen LogP contribution is 2.28. The van der Waals surface area contributed by atoms with E-state index in [0.29, 0.717) is 17.5 Å². The van der Waals surface area contributed by atoms with Crippen LogP contribution >= 0.6 is 0 Å². The molecule has 0 saturated carbocycles. The number of carbonyl (C=O) groups is 1. The van der Waals surface area contributed by atoms with E-state index in [1.54, 1.807) is 6.07 Å². The van der Waals surface area contributed by atoms with E-state index in [1.165, 1.54) is 12.1 Å². The van der Waals surface area contributed by atoms with E-state index in [2.05, 4.69) is 25.6 Å². The number of rotatable bonds is 6. The van der Waals surface area contributed by atoms with Crippen molar-refractivity contribution < 1.29 is 9.18 Å². The van der Waals surface area contributed by atoms with Crippen molar-refractivity contribution in [1.29, 1.82) is 0 Å². The fourth-order valence-corrected chi connectivity index (χ4v) is 3.29. The van der Waals surface area contributed by atoms with Crippen LogP contribution in [0.5, 0.6) is 0 Å². The minimum Gasteiger partial charge on any atom is -0.370 e. The number of amides is 1. The predicted molar refractivity (Wildman–Crippen MR) is 102 cm³/mol. The molecule has 2 heterocycles. The van der Waals surface area contributed by atoms with Gasteiger partial charge in [-0.15, -0.1) is 10.2 Å². The van der Waals surface area contributed by atoms with Gasteiger partial charge in [-0.2, -0.15) is 5.21 Å². The normalized spacial score (nSPS) is 12.2. The Labute approximate surface area is 159 Å². The summed E-state index contributed by atoms with van der Waals surface area (Å²) in [6.45, 7) is 0. The van der Waals surface area contributed by atoms with E-state index in [-0.39, 0.29) is 18.2 Å². The fourth-order valence-electron chi connectivity index (χ4n) is 3.29. The van der Waals surface area contributed by atoms with Crippen LogP contribution in [0.2, 0.25) is 0 Å². The molecule has 2 aromatic heterocycles. The number of aromatic amines is 1. The van der Waals surface area contributed by atoms with Crippen LogP contribution in [0.3, 0.4) is 0 Å². The summed E-state index contributed by atoms with van der Waals surface area (Å²) >= 11 is 0. The van der Waals surface area contributed by atoms with E-state index in [9.17, 15) is 9.18 Å². The highest BCUT2D eigenvalue weighted by molar-refractivity contribution is 5.78. The molecule has 0 spiro atoms. The van der Waals surface area contributed by atoms with Crippen LogP contribution in [-0.2, 0) is 11.2 Å². The van der Waals surface area contributed by atoms with Crippen molar-refractivity contribution in [2.45, 2.75) is 18.8 Å². The quantitative estimate of drug-likeness (QED) is 0.538. The summed E-state index contributed by atoms with van der Waals surface area (Å²) in [4.78, 5) is 16.3. The summed E-state index contributed by atoms with van der Waals surface area (Å²) in [7, 11) is 0. The van der Waals surface area contributed by atoms with Crippen molar-refractivity contribution in [2.24, 2.45) is 5.73 Å². The van der Waals surface area contributed by atoms with Gasteiger partial charge in [-0.3, -0.25) is 9.78 Å². The van der Waals surface area contributed by atoms with Crippen molar-refractivity contribution >= 4 is 16.8 Å². The molecule has 1 atom stereocenters. The first-order valence-corrected chi connectivity index (χ1v) is 8.76. The van der Waals surface area contributed by atoms with Gasteiger partial charge in [0.15, 0.2) is 0 Å². The van der Waals surface area contributed by atoms with Crippen LogP contribution in [0.4, 0.5) is 4.39 Å². The molecule has 0 saturated heterocycles. The molecule has 3 N–H and O–H groups in total. The molecule has 0 aliphatic carbocycles. The Balaban J connectivity index is 1.70. The molecule has 2 aromatic carbocycles. The van der Waals surface area contributed by atoms with E-state index >= 15 is 0 Å². The Morgan fingerprint density at radius 1 is 1.14 bits per heavy atom. The summed E-state index contributed by atoms with van der Waals surface area (Å²) in [5.74, 6) is -0.954. The molecule has 28 heavy (non-hydrogen) atoms. The van der Waals surface area contributed by atoms with Crippen molar-refractivity contribution in [2.75, 3.05) is 0 Å². The molecule has 7 nitrogen and oxygen atoms in total. The molecule has 0 fully saturated rings. The molecule has 1 unspecified atom stereocenters. The molecule has 8 heteroatoms. The zero-order valence-corrected chi connectivity index (χ0v) is 14.8. The van der Waals surface area contributed by atoms with Crippen molar-refractivity contribution in [3.63, 3.8) is 0 Å². The number of aromatic nitrogens is 5. The summed E-state index contributed by atoms with van der Waals surface area (Å²) < 4.78 is 14.2. The van der Waals surface area contributed by atoms with Gasteiger partial charge in [-0.05, 0) is 53.4 Å². The summed E-state index contributed by atoms with van der Waals surface area (Å²) in [6, 6.07) is 16.2. The zero-order valence-electron chi connectivity index (χ0n) is 14.8. The van der Waals surface area contributed by atoms with Gasteiger partial charge >= 0.3 is 0 Å². The SMILES string of the molecule is NC(=O)CC(Cc1ccc2ccccc2n1)c1cc(F)cc(-c2nn[nH]n2)c1. The van der Waals surface area contributed by atoms with Gasteiger partial charge in [0.2, 0.25) is 11.7 Å². The minimum atomic E-state index is -0.462. The number of fused-ring (bicyclic) bond motifs is 1. The first-order valence-electron chi connectivity index (χ1n) is 8.76. The van der Waals surface area contributed by atoms with Crippen LogP contribution in [0.15, 0.2) is 54.6 Å². The number of para-hydroxylation sites is 1. The van der Waals surface area contributed by atoms with Crippen molar-refractivity contribution in [1.82, 2.24) is 25.6 Å². The highest BCUT2D eigenvalue weighted by atomic mass is 19.1. The van der Waals surface area contributed by atoms with Gasteiger partial charge in [0.05, 0.1) is 5.52 Å². The number of benzene rings is 2. The number of hydrogen-bond acceptors (Lipinski definition) is 5. The molecule has 0 aliphatic heterocycles. The van der Waals surface area contributed by atoms with Crippen molar-refractivity contribution in [3.8, 4) is 11.4 Å². The van der Waals surface area contributed by atoms with Crippen LogP contribution in [-0.4, -0.2) is 31.5 Å². The number of H-pyrrole nitrogens is 1. The third-order valence-corrected chi connectivity index (χ3v) is 4.55. The predicted octanol–water partition coefficient (Wildman–Crippen LogP) is 2.76. The summed E-state index contributed by atoms with van der Waals surface area (Å²) in [5, 5.41) is 14.7. The topological polar surface area (TPSA) is 110 Å². The van der Waals surface area contributed by atoms with Gasteiger partial charge < -0.3 is 5.73 Å². The molecular weight excluding hydrogens is 359 g/mol. The molecule has 0 radical (unpaired) electrons. The summed E-state index contributed by atoms with van der Waals surface area (Å²) in [5.41, 5.74) is 8.23. The standard InChI is InChI=1S/C20H17FN6O/c21-16-8-13(7-15(9-16)20-24-26-27-25-20)14(11-19(22)28)10-17-6-5-12-3-1-2-4-18(12)23-17/h1-9,14H,10-11H2,(H2,22,28)(H,24,25,26,27). The lowest BCUT2D eigenvalue weighted by Crippen LogP contribution is -2.17. The van der Waals surface area contributed by atoms with Crippen LogP contribution in [0.1, 0.15) is 23.6 Å². The second kappa shape index (κ2) is 7.51. The maximum atomic E-state index is 14.2. The first-order chi connectivity index (χ1) is 13.6. The van der Waals surface area contributed by atoms with Gasteiger partial charge in [-0.1, -0.05) is 24.3 Å². The fraction of sp³-hybridized carbons (Fsp3) is 0.150. The zero-order chi connectivity index (χ0) is 19.5. The first kappa shape index (κ1) is 17.7. The van der Waals surface area contributed by atoms with E-state index in [1.807, 2.05) is 36.4 Å². The largest absolute Gasteiger partial charge is 0.370 e. The van der Waals surface area contributed by atoms with Gasteiger partial charge in [0.25, 0.3) is 0 Å². The minimum absolute atomic E-state index is 0.0731. The smallest absolute Gasteiger partial charge is 0.218 e. The third kappa shape index (κ3) is 3.85. The number of primary amides is 1.